The molecule has 106 valence electrons. The Kier molecular flexibility index (Phi) is 4.56. The van der Waals surface area contributed by atoms with Gasteiger partial charge < -0.3 is 4.74 Å². The molecule has 2 atom stereocenters. The highest BCUT2D eigenvalue weighted by molar-refractivity contribution is 5.93. The van der Waals surface area contributed by atoms with E-state index in [0.717, 1.165) is 12.0 Å². The van der Waals surface area contributed by atoms with E-state index in [4.69, 9.17) is 4.74 Å². The van der Waals surface area contributed by atoms with Gasteiger partial charge in [-0.3, -0.25) is 4.79 Å². The number of ether oxygens (including phenoxy) is 1. The molecule has 1 fully saturated rings. The Morgan fingerprint density at radius 3 is 2.85 bits per heavy atom. The summed E-state index contributed by atoms with van der Waals surface area (Å²) in [5, 5.41) is 0. The van der Waals surface area contributed by atoms with Gasteiger partial charge in [-0.15, -0.1) is 6.58 Å². The van der Waals surface area contributed by atoms with Crippen LogP contribution in [0.3, 0.4) is 0 Å². The Bertz CT molecular complexity index is 498. The molecule has 0 saturated carbocycles. The normalized spacial score (nSPS) is 19.6. The summed E-state index contributed by atoms with van der Waals surface area (Å²) in [7, 11) is 0. The monoisotopic (exact) mass is 273 g/mol. The minimum Gasteiger partial charge on any atom is -0.446 e. The first-order valence-corrected chi connectivity index (χ1v) is 6.78. The van der Waals surface area contributed by atoms with Crippen LogP contribution in [0.15, 0.2) is 43.0 Å². The van der Waals surface area contributed by atoms with Crippen molar-refractivity contribution in [1.82, 2.24) is 4.90 Å². The Labute approximate surface area is 119 Å². The third-order valence-corrected chi connectivity index (χ3v) is 3.42. The molecule has 2 rings (SSSR count). The lowest BCUT2D eigenvalue weighted by Gasteiger charge is -2.21. The first-order valence-electron chi connectivity index (χ1n) is 6.78. The number of imide groups is 1. The summed E-state index contributed by atoms with van der Waals surface area (Å²) in [5.74, 6) is -0.0134. The molecule has 0 aliphatic carbocycles. The van der Waals surface area contributed by atoms with Crippen molar-refractivity contribution < 1.29 is 14.3 Å². The first-order chi connectivity index (χ1) is 9.63. The van der Waals surface area contributed by atoms with Gasteiger partial charge >= 0.3 is 6.09 Å². The molecule has 0 spiro atoms. The summed E-state index contributed by atoms with van der Waals surface area (Å²) in [5.41, 5.74) is 0.920. The highest BCUT2D eigenvalue weighted by Gasteiger charge is 2.38. The lowest BCUT2D eigenvalue weighted by Crippen LogP contribution is -2.35. The van der Waals surface area contributed by atoms with Gasteiger partial charge in [0.1, 0.15) is 12.6 Å². The fourth-order valence-corrected chi connectivity index (χ4v) is 2.38. The van der Waals surface area contributed by atoms with E-state index in [9.17, 15) is 9.59 Å². The second-order valence-electron chi connectivity index (χ2n) is 5.10. The Morgan fingerprint density at radius 1 is 1.50 bits per heavy atom. The number of hydrogen-bond donors (Lipinski definition) is 0. The van der Waals surface area contributed by atoms with Crippen LogP contribution in [-0.2, 0) is 9.53 Å². The summed E-state index contributed by atoms with van der Waals surface area (Å²) < 4.78 is 5.04. The maximum atomic E-state index is 12.3. The molecule has 1 heterocycles. The molecule has 1 aromatic carbocycles. The van der Waals surface area contributed by atoms with E-state index < -0.39 is 6.09 Å². The Balaban J connectivity index is 2.13. The summed E-state index contributed by atoms with van der Waals surface area (Å²) in [6.45, 7) is 5.86. The summed E-state index contributed by atoms with van der Waals surface area (Å²) >= 11 is 0. The van der Waals surface area contributed by atoms with Crippen LogP contribution in [-0.4, -0.2) is 23.5 Å². The molecule has 0 bridgehead atoms. The highest BCUT2D eigenvalue weighted by atomic mass is 16.6. The standard InChI is InChI=1S/C16H19NO3/c1-3-7-12(2)10-15(18)17-14(11-20-16(17)19)13-8-5-4-6-9-13/h3-6,8-9,12,14H,1,7,10-11H2,2H3. The minimum atomic E-state index is -0.547. The van der Waals surface area contributed by atoms with Crippen molar-refractivity contribution in [2.24, 2.45) is 5.92 Å². The van der Waals surface area contributed by atoms with Crippen molar-refractivity contribution in [1.29, 1.82) is 0 Å². The van der Waals surface area contributed by atoms with E-state index in [1.165, 1.54) is 4.90 Å². The molecular formula is C16H19NO3. The molecule has 4 heteroatoms. The van der Waals surface area contributed by atoms with E-state index in [-0.39, 0.29) is 24.5 Å². The van der Waals surface area contributed by atoms with Crippen LogP contribution in [0, 0.1) is 5.92 Å². The van der Waals surface area contributed by atoms with E-state index >= 15 is 0 Å². The van der Waals surface area contributed by atoms with Crippen molar-refractivity contribution in [2.75, 3.05) is 6.61 Å². The largest absolute Gasteiger partial charge is 0.446 e. The molecule has 0 radical (unpaired) electrons. The van der Waals surface area contributed by atoms with E-state index in [2.05, 4.69) is 6.58 Å². The molecule has 2 unspecified atom stereocenters. The zero-order valence-electron chi connectivity index (χ0n) is 11.6. The van der Waals surface area contributed by atoms with Gasteiger partial charge in [0.2, 0.25) is 5.91 Å². The molecule has 1 saturated heterocycles. The molecule has 1 aromatic rings. The van der Waals surface area contributed by atoms with Crippen LogP contribution < -0.4 is 0 Å². The maximum Gasteiger partial charge on any atom is 0.417 e. The molecule has 4 nitrogen and oxygen atoms in total. The van der Waals surface area contributed by atoms with E-state index in [0.29, 0.717) is 6.42 Å². The van der Waals surface area contributed by atoms with Gasteiger partial charge in [0.05, 0.1) is 0 Å². The number of cyclic esters (lactones) is 1. The number of amides is 2. The van der Waals surface area contributed by atoms with Crippen LogP contribution in [0.25, 0.3) is 0 Å². The van der Waals surface area contributed by atoms with Gasteiger partial charge in [-0.2, -0.15) is 0 Å². The summed E-state index contributed by atoms with van der Waals surface area (Å²) in [4.78, 5) is 25.4. The van der Waals surface area contributed by atoms with Crippen LogP contribution >= 0.6 is 0 Å². The number of carbonyl (C=O) groups excluding carboxylic acids is 2. The molecular weight excluding hydrogens is 254 g/mol. The third-order valence-electron chi connectivity index (χ3n) is 3.42. The van der Waals surface area contributed by atoms with Gasteiger partial charge in [-0.05, 0) is 17.9 Å². The average molecular weight is 273 g/mol. The Morgan fingerprint density at radius 2 is 2.20 bits per heavy atom. The quantitative estimate of drug-likeness (QED) is 0.773. The van der Waals surface area contributed by atoms with Crippen LogP contribution in [0.2, 0.25) is 0 Å². The lowest BCUT2D eigenvalue weighted by molar-refractivity contribution is -0.130. The number of benzene rings is 1. The number of hydrogen-bond acceptors (Lipinski definition) is 3. The molecule has 0 aromatic heterocycles. The lowest BCUT2D eigenvalue weighted by atomic mass is 10.0. The first kappa shape index (κ1) is 14.3. The van der Waals surface area contributed by atoms with Crippen molar-refractivity contribution in [3.05, 3.63) is 48.6 Å². The van der Waals surface area contributed by atoms with Gasteiger partial charge in [0, 0.05) is 6.42 Å². The second-order valence-corrected chi connectivity index (χ2v) is 5.10. The minimum absolute atomic E-state index is 0.171. The molecule has 1 aliphatic rings. The summed E-state index contributed by atoms with van der Waals surface area (Å²) in [6, 6.07) is 9.18. The summed E-state index contributed by atoms with van der Waals surface area (Å²) in [6.07, 6.45) is 2.32. The zero-order chi connectivity index (χ0) is 14.5. The average Bonchev–Trinajstić information content (AvgIpc) is 2.82. The molecule has 1 aliphatic heterocycles. The SMILES string of the molecule is C=CCC(C)CC(=O)N1C(=O)OCC1c1ccccc1. The van der Waals surface area contributed by atoms with Crippen molar-refractivity contribution >= 4 is 12.0 Å². The zero-order valence-corrected chi connectivity index (χ0v) is 11.6. The van der Waals surface area contributed by atoms with Gasteiger partial charge in [-0.1, -0.05) is 43.3 Å². The number of allylic oxidation sites excluding steroid dienone is 1. The second kappa shape index (κ2) is 6.37. The number of rotatable bonds is 5. The fourth-order valence-electron chi connectivity index (χ4n) is 2.38. The number of carbonyl (C=O) groups is 2. The number of nitrogens with zero attached hydrogens (tertiary/aromatic N) is 1. The topological polar surface area (TPSA) is 46.6 Å². The highest BCUT2D eigenvalue weighted by Crippen LogP contribution is 2.29. The van der Waals surface area contributed by atoms with Crippen molar-refractivity contribution in [3.8, 4) is 0 Å². The third kappa shape index (κ3) is 3.07. The smallest absolute Gasteiger partial charge is 0.417 e. The van der Waals surface area contributed by atoms with Crippen molar-refractivity contribution in [2.45, 2.75) is 25.8 Å². The predicted octanol–water partition coefficient (Wildman–Crippen LogP) is 3.31. The Hall–Kier alpha value is -2.10. The van der Waals surface area contributed by atoms with Crippen LogP contribution in [0.4, 0.5) is 4.79 Å². The molecule has 2 amide bonds. The predicted molar refractivity (Wildman–Crippen MR) is 76.0 cm³/mol. The van der Waals surface area contributed by atoms with Gasteiger partial charge in [0.15, 0.2) is 0 Å². The van der Waals surface area contributed by atoms with Crippen LogP contribution in [0.1, 0.15) is 31.4 Å². The van der Waals surface area contributed by atoms with E-state index in [1.54, 1.807) is 6.08 Å². The van der Waals surface area contributed by atoms with Gasteiger partial charge in [0.25, 0.3) is 0 Å². The van der Waals surface area contributed by atoms with Crippen molar-refractivity contribution in [3.63, 3.8) is 0 Å². The van der Waals surface area contributed by atoms with Gasteiger partial charge in [-0.25, -0.2) is 9.69 Å². The van der Waals surface area contributed by atoms with Crippen LogP contribution in [0.5, 0.6) is 0 Å². The molecule has 0 N–H and O–H groups in total. The maximum absolute atomic E-state index is 12.3. The van der Waals surface area contributed by atoms with E-state index in [1.807, 2.05) is 37.3 Å². The fraction of sp³-hybridized carbons (Fsp3) is 0.375. The molecule has 20 heavy (non-hydrogen) atoms.